The summed E-state index contributed by atoms with van der Waals surface area (Å²) < 4.78 is 1.89. The first kappa shape index (κ1) is 15.0. The van der Waals surface area contributed by atoms with E-state index < -0.39 is 0 Å². The fourth-order valence-electron chi connectivity index (χ4n) is 2.13. The fourth-order valence-corrected chi connectivity index (χ4v) is 2.13. The molecule has 0 aliphatic rings. The number of nitrogens with zero attached hydrogens (tertiary/aromatic N) is 1. The van der Waals surface area contributed by atoms with Gasteiger partial charge in [-0.15, -0.1) is 0 Å². The highest BCUT2D eigenvalue weighted by Crippen LogP contribution is 2.21. The summed E-state index contributed by atoms with van der Waals surface area (Å²) in [6, 6.07) is 4.06. The number of rotatable bonds is 5. The first-order chi connectivity index (χ1) is 8.41. The molecule has 0 saturated carbocycles. The monoisotopic (exact) mass is 250 g/mol. The van der Waals surface area contributed by atoms with Crippen molar-refractivity contribution >= 4 is 0 Å². The lowest BCUT2D eigenvalue weighted by atomic mass is 9.90. The molecule has 0 bridgehead atoms. The number of hydrogen-bond acceptors (Lipinski definition) is 2. The van der Waals surface area contributed by atoms with Gasteiger partial charge in [-0.1, -0.05) is 33.8 Å². The molecule has 0 amide bonds. The third-order valence-corrected chi connectivity index (χ3v) is 3.08. The van der Waals surface area contributed by atoms with E-state index >= 15 is 0 Å². The molecule has 0 radical (unpaired) electrons. The van der Waals surface area contributed by atoms with Crippen LogP contribution in [-0.4, -0.2) is 11.1 Å². The molecule has 1 rings (SSSR count). The van der Waals surface area contributed by atoms with Gasteiger partial charge in [-0.3, -0.25) is 4.79 Å². The maximum Gasteiger partial charge on any atom is 0.255 e. The molecule has 3 heteroatoms. The summed E-state index contributed by atoms with van der Waals surface area (Å²) in [6.45, 7) is 12.9. The Morgan fingerprint density at radius 3 is 2.39 bits per heavy atom. The predicted octanol–water partition coefficient (Wildman–Crippen LogP) is 2.67. The Morgan fingerprint density at radius 1 is 1.22 bits per heavy atom. The maximum atomic E-state index is 12.4. The summed E-state index contributed by atoms with van der Waals surface area (Å²) in [5.41, 5.74) is 2.12. The lowest BCUT2D eigenvalue weighted by Gasteiger charge is -2.24. The van der Waals surface area contributed by atoms with E-state index in [1.165, 1.54) is 0 Å². The predicted molar refractivity (Wildman–Crippen MR) is 77.1 cm³/mol. The summed E-state index contributed by atoms with van der Waals surface area (Å²) in [4.78, 5) is 12.4. The van der Waals surface area contributed by atoms with Gasteiger partial charge in [0.25, 0.3) is 5.56 Å². The van der Waals surface area contributed by atoms with Crippen molar-refractivity contribution in [3.05, 3.63) is 33.7 Å². The normalized spacial score (nSPS) is 11.8. The van der Waals surface area contributed by atoms with E-state index in [4.69, 9.17) is 0 Å². The Kier molecular flexibility index (Phi) is 5.15. The minimum Gasteiger partial charge on any atom is -0.312 e. The van der Waals surface area contributed by atoms with Crippen molar-refractivity contribution in [3.63, 3.8) is 0 Å². The fraction of sp³-hybridized carbons (Fsp3) is 0.667. The van der Waals surface area contributed by atoms with Crippen LogP contribution in [0.3, 0.4) is 0 Å². The van der Waals surface area contributed by atoms with Gasteiger partial charge in [0, 0.05) is 29.8 Å². The van der Waals surface area contributed by atoms with Crippen LogP contribution in [0.5, 0.6) is 0 Å². The van der Waals surface area contributed by atoms with Crippen molar-refractivity contribution in [2.75, 3.05) is 6.54 Å². The molecule has 1 N–H and O–H groups in total. The molecule has 18 heavy (non-hydrogen) atoms. The average Bonchev–Trinajstić information content (AvgIpc) is 2.29. The summed E-state index contributed by atoms with van der Waals surface area (Å²) in [5.74, 6) is 0. The van der Waals surface area contributed by atoms with Gasteiger partial charge in [-0.25, -0.2) is 0 Å². The minimum atomic E-state index is 0.00451. The standard InChI is InChI=1S/C15H26N2O/c1-6-10-16-11-12-8-9-13(15(3,4)5)17(7-2)14(12)18/h8-9,16H,6-7,10-11H2,1-5H3. The Labute approximate surface area is 110 Å². The van der Waals surface area contributed by atoms with Crippen LogP contribution in [0.2, 0.25) is 0 Å². The van der Waals surface area contributed by atoms with Gasteiger partial charge in [0.2, 0.25) is 0 Å². The second-order valence-corrected chi connectivity index (χ2v) is 5.72. The van der Waals surface area contributed by atoms with Gasteiger partial charge in [0.1, 0.15) is 0 Å². The highest BCUT2D eigenvalue weighted by Gasteiger charge is 2.19. The molecule has 0 fully saturated rings. The van der Waals surface area contributed by atoms with Crippen LogP contribution in [0, 0.1) is 0 Å². The van der Waals surface area contributed by atoms with Crippen molar-refractivity contribution in [1.29, 1.82) is 0 Å². The first-order valence-electron chi connectivity index (χ1n) is 6.85. The Bertz CT molecular complexity index is 441. The summed E-state index contributed by atoms with van der Waals surface area (Å²) in [5, 5.41) is 3.29. The zero-order valence-corrected chi connectivity index (χ0v) is 12.3. The van der Waals surface area contributed by atoms with Crippen LogP contribution in [-0.2, 0) is 18.5 Å². The van der Waals surface area contributed by atoms with Crippen molar-refractivity contribution in [1.82, 2.24) is 9.88 Å². The second kappa shape index (κ2) is 6.19. The summed E-state index contributed by atoms with van der Waals surface area (Å²) >= 11 is 0. The van der Waals surface area contributed by atoms with Gasteiger partial charge >= 0.3 is 0 Å². The molecule has 0 aromatic carbocycles. The van der Waals surface area contributed by atoms with Crippen molar-refractivity contribution in [3.8, 4) is 0 Å². The SMILES string of the molecule is CCCNCc1ccc(C(C)(C)C)n(CC)c1=O. The Morgan fingerprint density at radius 2 is 1.89 bits per heavy atom. The zero-order valence-electron chi connectivity index (χ0n) is 12.3. The molecule has 102 valence electrons. The number of aromatic nitrogens is 1. The molecule has 1 heterocycles. The number of pyridine rings is 1. The van der Waals surface area contributed by atoms with Crippen molar-refractivity contribution in [2.24, 2.45) is 0 Å². The van der Waals surface area contributed by atoms with Gasteiger partial charge in [-0.2, -0.15) is 0 Å². The van der Waals surface area contributed by atoms with Crippen LogP contribution < -0.4 is 10.9 Å². The molecule has 0 atom stereocenters. The lowest BCUT2D eigenvalue weighted by Crippen LogP contribution is -2.32. The lowest BCUT2D eigenvalue weighted by molar-refractivity contribution is 0.507. The van der Waals surface area contributed by atoms with Gasteiger partial charge in [0.15, 0.2) is 0 Å². The van der Waals surface area contributed by atoms with E-state index in [1.807, 2.05) is 17.6 Å². The first-order valence-corrected chi connectivity index (χ1v) is 6.85. The van der Waals surface area contributed by atoms with E-state index in [-0.39, 0.29) is 11.0 Å². The van der Waals surface area contributed by atoms with E-state index in [0.29, 0.717) is 6.54 Å². The highest BCUT2D eigenvalue weighted by molar-refractivity contribution is 5.21. The zero-order chi connectivity index (χ0) is 13.8. The van der Waals surface area contributed by atoms with E-state index in [9.17, 15) is 4.79 Å². The third-order valence-electron chi connectivity index (χ3n) is 3.08. The largest absolute Gasteiger partial charge is 0.312 e. The smallest absolute Gasteiger partial charge is 0.255 e. The number of hydrogen-bond donors (Lipinski definition) is 1. The maximum absolute atomic E-state index is 12.4. The third kappa shape index (κ3) is 3.45. The second-order valence-electron chi connectivity index (χ2n) is 5.72. The quantitative estimate of drug-likeness (QED) is 0.815. The molecular formula is C15H26N2O. The van der Waals surface area contributed by atoms with Crippen LogP contribution in [0.25, 0.3) is 0 Å². The molecule has 0 aliphatic heterocycles. The molecule has 3 nitrogen and oxygen atoms in total. The van der Waals surface area contributed by atoms with Crippen LogP contribution >= 0.6 is 0 Å². The minimum absolute atomic E-state index is 0.00451. The molecule has 1 aromatic rings. The Balaban J connectivity index is 3.09. The Hall–Kier alpha value is -1.09. The van der Waals surface area contributed by atoms with Crippen LogP contribution in [0.4, 0.5) is 0 Å². The molecule has 1 aromatic heterocycles. The van der Waals surface area contributed by atoms with Crippen molar-refractivity contribution in [2.45, 2.75) is 59.5 Å². The van der Waals surface area contributed by atoms with Crippen molar-refractivity contribution < 1.29 is 0 Å². The number of nitrogens with one attached hydrogen (secondary N) is 1. The summed E-state index contributed by atoms with van der Waals surface area (Å²) in [6.07, 6.45) is 1.09. The molecule has 0 spiro atoms. The molecular weight excluding hydrogens is 224 g/mol. The van der Waals surface area contributed by atoms with Gasteiger partial charge in [0.05, 0.1) is 0 Å². The average molecular weight is 250 g/mol. The topological polar surface area (TPSA) is 34.0 Å². The van der Waals surface area contributed by atoms with Gasteiger partial charge in [-0.05, 0) is 26.0 Å². The van der Waals surface area contributed by atoms with Crippen LogP contribution in [0.15, 0.2) is 16.9 Å². The van der Waals surface area contributed by atoms with Crippen LogP contribution in [0.1, 0.15) is 52.3 Å². The highest BCUT2D eigenvalue weighted by atomic mass is 16.1. The van der Waals surface area contributed by atoms with Gasteiger partial charge < -0.3 is 9.88 Å². The molecule has 0 unspecified atom stereocenters. The molecule has 0 aliphatic carbocycles. The van der Waals surface area contributed by atoms with E-state index in [1.54, 1.807) is 0 Å². The van der Waals surface area contributed by atoms with E-state index in [2.05, 4.69) is 39.1 Å². The summed E-state index contributed by atoms with van der Waals surface area (Å²) in [7, 11) is 0. The molecule has 0 saturated heterocycles. The van der Waals surface area contributed by atoms with E-state index in [0.717, 1.165) is 30.8 Å².